The van der Waals surface area contributed by atoms with Gasteiger partial charge in [-0.1, -0.05) is 29.8 Å². The second-order valence-corrected chi connectivity index (χ2v) is 9.84. The van der Waals surface area contributed by atoms with Crippen LogP contribution in [0.2, 0.25) is 5.02 Å². The summed E-state index contributed by atoms with van der Waals surface area (Å²) in [6.07, 6.45) is 2.30. The largest absolute Gasteiger partial charge is 0.462 e. The van der Waals surface area contributed by atoms with Crippen LogP contribution in [0.5, 0.6) is 0 Å². The number of nitrogens with one attached hydrogen (secondary N) is 1. The van der Waals surface area contributed by atoms with E-state index in [-0.39, 0.29) is 0 Å². The molecule has 0 aliphatic heterocycles. The molecule has 0 aliphatic carbocycles. The number of furan rings is 1. The number of sulfonamides is 1. The SMILES string of the molecule is CCOC(=O)c1ccc(-c2ccc(/C=N\NC(=O)CN(c3cc(Cl)ccc3C)S(C)(=O)=O)o2)cc1. The summed E-state index contributed by atoms with van der Waals surface area (Å²) in [6, 6.07) is 14.9. The van der Waals surface area contributed by atoms with Crippen molar-refractivity contribution in [2.75, 3.05) is 23.7 Å². The Morgan fingerprint density at radius 1 is 1.14 bits per heavy atom. The predicted octanol–water partition coefficient (Wildman–Crippen LogP) is 4.00. The van der Waals surface area contributed by atoms with Crippen LogP contribution < -0.4 is 9.73 Å². The molecule has 11 heteroatoms. The smallest absolute Gasteiger partial charge is 0.338 e. The Labute approximate surface area is 208 Å². The van der Waals surface area contributed by atoms with Crippen LogP contribution in [0.3, 0.4) is 0 Å². The van der Waals surface area contributed by atoms with Crippen molar-refractivity contribution in [3.05, 3.63) is 76.5 Å². The van der Waals surface area contributed by atoms with Crippen LogP contribution in [-0.2, 0) is 19.6 Å². The average Bonchev–Trinajstić information content (AvgIpc) is 3.28. The molecule has 3 aromatic rings. The van der Waals surface area contributed by atoms with Crippen molar-refractivity contribution in [3.8, 4) is 11.3 Å². The minimum absolute atomic E-state index is 0.296. The molecule has 1 amide bonds. The van der Waals surface area contributed by atoms with E-state index in [0.717, 1.165) is 16.1 Å². The number of anilines is 1. The minimum atomic E-state index is -3.75. The van der Waals surface area contributed by atoms with Gasteiger partial charge in [0.25, 0.3) is 5.91 Å². The molecule has 0 saturated carbocycles. The molecule has 0 saturated heterocycles. The summed E-state index contributed by atoms with van der Waals surface area (Å²) in [7, 11) is -3.75. The van der Waals surface area contributed by atoms with Gasteiger partial charge in [-0.05, 0) is 55.8 Å². The summed E-state index contributed by atoms with van der Waals surface area (Å²) >= 11 is 6.00. The highest BCUT2D eigenvalue weighted by molar-refractivity contribution is 7.92. The lowest BCUT2D eigenvalue weighted by atomic mass is 10.1. The zero-order chi connectivity index (χ0) is 25.6. The van der Waals surface area contributed by atoms with E-state index in [1.54, 1.807) is 62.4 Å². The lowest BCUT2D eigenvalue weighted by molar-refractivity contribution is -0.119. The average molecular weight is 518 g/mol. The Morgan fingerprint density at radius 3 is 2.51 bits per heavy atom. The van der Waals surface area contributed by atoms with Crippen molar-refractivity contribution in [1.29, 1.82) is 0 Å². The van der Waals surface area contributed by atoms with E-state index in [2.05, 4.69) is 10.5 Å². The number of ether oxygens (including phenoxy) is 1. The van der Waals surface area contributed by atoms with E-state index in [1.807, 2.05) is 0 Å². The van der Waals surface area contributed by atoms with E-state index < -0.39 is 28.4 Å². The summed E-state index contributed by atoms with van der Waals surface area (Å²) < 4.78 is 36.2. The van der Waals surface area contributed by atoms with Gasteiger partial charge in [-0.3, -0.25) is 9.10 Å². The van der Waals surface area contributed by atoms with Gasteiger partial charge in [-0.2, -0.15) is 5.10 Å². The van der Waals surface area contributed by atoms with Crippen LogP contribution in [-0.4, -0.2) is 45.9 Å². The molecule has 2 aromatic carbocycles. The standard InChI is InChI=1S/C24H24ClN3O6S/c1-4-33-24(30)18-8-6-17(7-9-18)22-12-11-20(34-22)14-26-27-23(29)15-28(35(3,31)32)21-13-19(25)10-5-16(21)2/h5-14H,4,15H2,1-3H3,(H,27,29)/b26-14-. The maximum atomic E-state index is 12.4. The van der Waals surface area contributed by atoms with Crippen molar-refractivity contribution in [3.63, 3.8) is 0 Å². The molecule has 1 N–H and O–H groups in total. The van der Waals surface area contributed by atoms with Gasteiger partial charge in [-0.15, -0.1) is 0 Å². The first kappa shape index (κ1) is 26.0. The van der Waals surface area contributed by atoms with Gasteiger partial charge in [-0.25, -0.2) is 18.6 Å². The topological polar surface area (TPSA) is 118 Å². The molecular formula is C24H24ClN3O6S. The summed E-state index contributed by atoms with van der Waals surface area (Å²) in [4.78, 5) is 24.2. The number of rotatable bonds is 9. The number of aryl methyl sites for hydroxylation is 1. The molecule has 1 heterocycles. The van der Waals surface area contributed by atoms with Gasteiger partial charge in [0.15, 0.2) is 0 Å². The van der Waals surface area contributed by atoms with Gasteiger partial charge >= 0.3 is 5.97 Å². The van der Waals surface area contributed by atoms with E-state index in [9.17, 15) is 18.0 Å². The highest BCUT2D eigenvalue weighted by Crippen LogP contribution is 2.26. The van der Waals surface area contributed by atoms with E-state index >= 15 is 0 Å². The molecule has 0 bridgehead atoms. The molecule has 9 nitrogen and oxygen atoms in total. The Hall–Kier alpha value is -3.63. The van der Waals surface area contributed by atoms with Crippen molar-refractivity contribution < 1.29 is 27.2 Å². The van der Waals surface area contributed by atoms with Crippen molar-refractivity contribution in [1.82, 2.24) is 5.43 Å². The third-order valence-electron chi connectivity index (χ3n) is 4.82. The number of halogens is 1. The monoisotopic (exact) mass is 517 g/mol. The zero-order valence-electron chi connectivity index (χ0n) is 19.3. The molecule has 0 atom stereocenters. The van der Waals surface area contributed by atoms with Gasteiger partial charge < -0.3 is 9.15 Å². The Bertz CT molecular complexity index is 1350. The van der Waals surface area contributed by atoms with Crippen LogP contribution in [0.1, 0.15) is 28.6 Å². The number of nitrogens with zero attached hydrogens (tertiary/aromatic N) is 2. The number of hydrogen-bond acceptors (Lipinski definition) is 7. The van der Waals surface area contributed by atoms with Crippen LogP contribution in [0, 0.1) is 6.92 Å². The number of carbonyl (C=O) groups excluding carboxylic acids is 2. The second-order valence-electron chi connectivity index (χ2n) is 7.49. The molecule has 35 heavy (non-hydrogen) atoms. The third-order valence-corrected chi connectivity index (χ3v) is 6.18. The Balaban J connectivity index is 1.65. The summed E-state index contributed by atoms with van der Waals surface area (Å²) in [5.41, 5.74) is 4.43. The number of amides is 1. The first-order valence-corrected chi connectivity index (χ1v) is 12.7. The van der Waals surface area contributed by atoms with E-state index in [1.165, 1.54) is 12.3 Å². The summed E-state index contributed by atoms with van der Waals surface area (Å²) in [5.74, 6) is -0.150. The number of hydrazone groups is 1. The maximum absolute atomic E-state index is 12.4. The maximum Gasteiger partial charge on any atom is 0.338 e. The third kappa shape index (κ3) is 6.93. The van der Waals surface area contributed by atoms with Crippen molar-refractivity contribution in [2.45, 2.75) is 13.8 Å². The van der Waals surface area contributed by atoms with Gasteiger partial charge in [0.1, 0.15) is 18.1 Å². The van der Waals surface area contributed by atoms with Gasteiger partial charge in [0.05, 0.1) is 30.3 Å². The summed E-state index contributed by atoms with van der Waals surface area (Å²) in [6.45, 7) is 3.28. The molecule has 0 aliphatic rings. The van der Waals surface area contributed by atoms with Crippen molar-refractivity contribution >= 4 is 45.4 Å². The molecule has 3 rings (SSSR count). The Morgan fingerprint density at radius 2 is 1.86 bits per heavy atom. The van der Waals surface area contributed by atoms with Crippen LogP contribution >= 0.6 is 11.6 Å². The van der Waals surface area contributed by atoms with Gasteiger partial charge in [0, 0.05) is 10.6 Å². The highest BCUT2D eigenvalue weighted by atomic mass is 35.5. The lowest BCUT2D eigenvalue weighted by Gasteiger charge is -2.23. The van der Waals surface area contributed by atoms with Crippen molar-refractivity contribution in [2.24, 2.45) is 5.10 Å². The fraction of sp³-hybridized carbons (Fsp3) is 0.208. The normalized spacial score (nSPS) is 11.4. The zero-order valence-corrected chi connectivity index (χ0v) is 20.9. The van der Waals surface area contributed by atoms with Crippen LogP contribution in [0.15, 0.2) is 64.1 Å². The number of esters is 1. The fourth-order valence-electron chi connectivity index (χ4n) is 3.13. The predicted molar refractivity (Wildman–Crippen MR) is 134 cm³/mol. The first-order chi connectivity index (χ1) is 16.6. The lowest BCUT2D eigenvalue weighted by Crippen LogP contribution is -2.39. The quantitative estimate of drug-likeness (QED) is 0.260. The van der Waals surface area contributed by atoms with E-state index in [0.29, 0.717) is 40.0 Å². The molecule has 0 fully saturated rings. The second kappa shape index (κ2) is 11.2. The number of hydrogen-bond donors (Lipinski definition) is 1. The number of carbonyl (C=O) groups is 2. The highest BCUT2D eigenvalue weighted by Gasteiger charge is 2.22. The van der Waals surface area contributed by atoms with E-state index in [4.69, 9.17) is 20.8 Å². The van der Waals surface area contributed by atoms with Gasteiger partial charge in [0.2, 0.25) is 10.0 Å². The molecule has 0 unspecified atom stereocenters. The summed E-state index contributed by atoms with van der Waals surface area (Å²) in [5, 5.41) is 4.20. The van der Waals surface area contributed by atoms with Crippen LogP contribution in [0.25, 0.3) is 11.3 Å². The Kier molecular flexibility index (Phi) is 8.31. The molecule has 0 spiro atoms. The molecule has 0 radical (unpaired) electrons. The molecule has 184 valence electrons. The number of benzene rings is 2. The molecule has 1 aromatic heterocycles. The minimum Gasteiger partial charge on any atom is -0.462 e. The fourth-order valence-corrected chi connectivity index (χ4v) is 4.20. The first-order valence-electron chi connectivity index (χ1n) is 10.5. The molecular weight excluding hydrogens is 494 g/mol. The van der Waals surface area contributed by atoms with Crippen LogP contribution in [0.4, 0.5) is 5.69 Å².